The van der Waals surface area contributed by atoms with Gasteiger partial charge in [0.05, 0.1) is 0 Å². The maximum absolute atomic E-state index is 9.75. The van der Waals surface area contributed by atoms with Gasteiger partial charge in [-0.3, -0.25) is 0 Å². The summed E-state index contributed by atoms with van der Waals surface area (Å²) in [5.41, 5.74) is 3.03. The molecule has 0 unspecified atom stereocenters. The summed E-state index contributed by atoms with van der Waals surface area (Å²) in [6.45, 7) is 0. The van der Waals surface area contributed by atoms with Crippen LogP contribution in [0.3, 0.4) is 0 Å². The zero-order valence-electron chi connectivity index (χ0n) is 14.8. The van der Waals surface area contributed by atoms with Crippen molar-refractivity contribution in [1.29, 1.82) is 0 Å². The van der Waals surface area contributed by atoms with Crippen LogP contribution in [0.25, 0.3) is 0 Å². The van der Waals surface area contributed by atoms with E-state index in [0.717, 1.165) is 5.25 Å². The molecule has 0 amide bonds. The Hall–Kier alpha value is -1.43. The van der Waals surface area contributed by atoms with E-state index in [1.165, 1.54) is 54.7 Å². The lowest BCUT2D eigenvalue weighted by Gasteiger charge is -2.23. The molecule has 1 saturated carbocycles. The van der Waals surface area contributed by atoms with Gasteiger partial charge < -0.3 is 17.3 Å². The van der Waals surface area contributed by atoms with Crippen LogP contribution in [0.1, 0.15) is 43.2 Å². The molecule has 0 spiro atoms. The fourth-order valence-corrected chi connectivity index (χ4v) is 6.08. The standard InChI is InChI=1S/C20H25S.BF4/c1-4-10-18(11-5-1)16-21(20-14-8-3-9-15-20)17-19-12-6-2-7-13-19;2-1(3,4)5/h1-2,4-7,10-13,20H,3,8-9,14-17H2;/q+1;-1. The smallest absolute Gasteiger partial charge is 0.418 e. The molecule has 1 aliphatic rings. The van der Waals surface area contributed by atoms with Crippen LogP contribution < -0.4 is 0 Å². The van der Waals surface area contributed by atoms with Crippen LogP contribution >= 0.6 is 0 Å². The first-order valence-electron chi connectivity index (χ1n) is 9.03. The summed E-state index contributed by atoms with van der Waals surface area (Å²) in [4.78, 5) is 0. The lowest BCUT2D eigenvalue weighted by molar-refractivity contribution is 0.368. The van der Waals surface area contributed by atoms with E-state index in [0.29, 0.717) is 10.9 Å². The summed E-state index contributed by atoms with van der Waals surface area (Å²) in [6.07, 6.45) is 7.23. The monoisotopic (exact) mass is 384 g/mol. The van der Waals surface area contributed by atoms with Crippen molar-refractivity contribution < 1.29 is 17.3 Å². The van der Waals surface area contributed by atoms with E-state index in [2.05, 4.69) is 60.7 Å². The summed E-state index contributed by atoms with van der Waals surface area (Å²) in [5, 5.41) is 0.944. The molecule has 0 saturated heterocycles. The zero-order valence-corrected chi connectivity index (χ0v) is 15.6. The predicted octanol–water partition coefficient (Wildman–Crippen LogP) is 6.64. The van der Waals surface area contributed by atoms with Crippen molar-refractivity contribution in [2.24, 2.45) is 0 Å². The number of rotatable bonds is 5. The van der Waals surface area contributed by atoms with Gasteiger partial charge in [0.2, 0.25) is 0 Å². The summed E-state index contributed by atoms with van der Waals surface area (Å²) in [6, 6.07) is 22.2. The third-order valence-electron chi connectivity index (χ3n) is 4.41. The van der Waals surface area contributed by atoms with Crippen LogP contribution in [0.4, 0.5) is 17.3 Å². The first-order chi connectivity index (χ1) is 12.4. The third-order valence-corrected chi connectivity index (χ3v) is 7.24. The Kier molecular flexibility index (Phi) is 8.56. The number of halogens is 4. The molecule has 142 valence electrons. The van der Waals surface area contributed by atoms with Gasteiger partial charge in [0, 0.05) is 11.1 Å². The fourth-order valence-electron chi connectivity index (χ4n) is 3.26. The first-order valence-corrected chi connectivity index (χ1v) is 10.7. The largest absolute Gasteiger partial charge is 0.673 e. The van der Waals surface area contributed by atoms with Gasteiger partial charge in [-0.1, -0.05) is 67.1 Å². The van der Waals surface area contributed by atoms with Gasteiger partial charge in [0.1, 0.15) is 16.8 Å². The van der Waals surface area contributed by atoms with Crippen LogP contribution in [-0.2, 0) is 22.4 Å². The second-order valence-electron chi connectivity index (χ2n) is 6.55. The molecular weight excluding hydrogens is 359 g/mol. The van der Waals surface area contributed by atoms with Gasteiger partial charge in [0.15, 0.2) is 0 Å². The Morgan fingerprint density at radius 3 is 1.46 bits per heavy atom. The molecular formula is C20H25BF4S. The van der Waals surface area contributed by atoms with Gasteiger partial charge in [-0.15, -0.1) is 0 Å². The van der Waals surface area contributed by atoms with Gasteiger partial charge in [-0.05, 0) is 36.6 Å². The minimum atomic E-state index is -6.00. The molecule has 0 aliphatic heterocycles. The van der Waals surface area contributed by atoms with Crippen molar-refractivity contribution in [1.82, 2.24) is 0 Å². The maximum atomic E-state index is 9.75. The normalized spacial score (nSPS) is 15.4. The summed E-state index contributed by atoms with van der Waals surface area (Å²) in [5.74, 6) is 2.53. The molecule has 2 aromatic carbocycles. The van der Waals surface area contributed by atoms with Gasteiger partial charge in [0.25, 0.3) is 0 Å². The highest BCUT2D eigenvalue weighted by atomic mass is 32.2. The van der Waals surface area contributed by atoms with Gasteiger partial charge in [-0.2, -0.15) is 0 Å². The average Bonchev–Trinajstić information content (AvgIpc) is 2.62. The molecule has 0 nitrogen and oxygen atoms in total. The van der Waals surface area contributed by atoms with Crippen LogP contribution in [0, 0.1) is 0 Å². The molecule has 1 aliphatic carbocycles. The second kappa shape index (κ2) is 10.7. The van der Waals surface area contributed by atoms with E-state index in [4.69, 9.17) is 0 Å². The van der Waals surface area contributed by atoms with Crippen LogP contribution in [0.2, 0.25) is 0 Å². The quantitative estimate of drug-likeness (QED) is 0.308. The molecule has 0 bridgehead atoms. The van der Waals surface area contributed by atoms with E-state index < -0.39 is 7.25 Å². The molecule has 0 radical (unpaired) electrons. The molecule has 0 aromatic heterocycles. The number of hydrogen-bond acceptors (Lipinski definition) is 0. The predicted molar refractivity (Wildman–Crippen MR) is 105 cm³/mol. The average molecular weight is 384 g/mol. The van der Waals surface area contributed by atoms with E-state index in [-0.39, 0.29) is 0 Å². The van der Waals surface area contributed by atoms with Crippen molar-refractivity contribution in [3.8, 4) is 0 Å². The Balaban J connectivity index is 0.000000431. The Labute approximate surface area is 156 Å². The molecule has 26 heavy (non-hydrogen) atoms. The Morgan fingerprint density at radius 1 is 0.692 bits per heavy atom. The van der Waals surface area contributed by atoms with E-state index >= 15 is 0 Å². The molecule has 0 atom stereocenters. The summed E-state index contributed by atoms with van der Waals surface area (Å²) < 4.78 is 39.0. The molecule has 3 rings (SSSR count). The summed E-state index contributed by atoms with van der Waals surface area (Å²) in [7, 11) is -5.51. The summed E-state index contributed by atoms with van der Waals surface area (Å²) >= 11 is 0. The zero-order chi connectivity index (χ0) is 18.8. The van der Waals surface area contributed by atoms with Crippen molar-refractivity contribution in [2.75, 3.05) is 0 Å². The van der Waals surface area contributed by atoms with Gasteiger partial charge >= 0.3 is 7.25 Å². The second-order valence-corrected chi connectivity index (χ2v) is 8.87. The highest BCUT2D eigenvalue weighted by molar-refractivity contribution is 7.96. The Bertz CT molecular complexity index is 565. The van der Waals surface area contributed by atoms with Crippen molar-refractivity contribution in [3.63, 3.8) is 0 Å². The minimum absolute atomic E-state index is 0.487. The molecule has 6 heteroatoms. The van der Waals surface area contributed by atoms with Crippen LogP contribution in [-0.4, -0.2) is 12.5 Å². The first kappa shape index (κ1) is 20.9. The van der Waals surface area contributed by atoms with E-state index in [9.17, 15) is 17.3 Å². The molecule has 2 aromatic rings. The topological polar surface area (TPSA) is 0 Å². The highest BCUT2D eigenvalue weighted by Gasteiger charge is 2.32. The van der Waals surface area contributed by atoms with Crippen LogP contribution in [0.5, 0.6) is 0 Å². The fraction of sp³-hybridized carbons (Fsp3) is 0.400. The molecule has 1 fully saturated rings. The Morgan fingerprint density at radius 2 is 1.08 bits per heavy atom. The van der Waals surface area contributed by atoms with Gasteiger partial charge in [-0.25, -0.2) is 0 Å². The van der Waals surface area contributed by atoms with Crippen molar-refractivity contribution in [3.05, 3.63) is 71.8 Å². The molecule has 0 heterocycles. The lowest BCUT2D eigenvalue weighted by Crippen LogP contribution is -2.27. The third kappa shape index (κ3) is 8.79. The SMILES string of the molecule is F[B-](F)(F)F.c1ccc(C[S+](Cc2ccccc2)C2CCCCC2)cc1. The van der Waals surface area contributed by atoms with Crippen LogP contribution in [0.15, 0.2) is 60.7 Å². The van der Waals surface area contributed by atoms with E-state index in [1.807, 2.05) is 0 Å². The number of benzene rings is 2. The minimum Gasteiger partial charge on any atom is -0.418 e. The van der Waals surface area contributed by atoms with Crippen molar-refractivity contribution >= 4 is 18.1 Å². The van der Waals surface area contributed by atoms with Crippen molar-refractivity contribution in [2.45, 2.75) is 48.9 Å². The number of hydrogen-bond donors (Lipinski definition) is 0. The van der Waals surface area contributed by atoms with E-state index in [1.54, 1.807) is 0 Å². The lowest BCUT2D eigenvalue weighted by atomic mass is 10.0. The molecule has 0 N–H and O–H groups in total. The maximum Gasteiger partial charge on any atom is 0.673 e. The highest BCUT2D eigenvalue weighted by Crippen LogP contribution is 2.30.